The Hall–Kier alpha value is -4.62. The van der Waals surface area contributed by atoms with Gasteiger partial charge in [0, 0.05) is 17.1 Å². The normalized spacial score (nSPS) is 11.4. The maximum Gasteiger partial charge on any atom is 0.0468 e. The molecule has 0 saturated heterocycles. The highest BCUT2D eigenvalue weighted by molar-refractivity contribution is 5.92. The van der Waals surface area contributed by atoms with E-state index in [1.54, 1.807) is 0 Å². The van der Waals surface area contributed by atoms with Gasteiger partial charge in [0.1, 0.15) is 0 Å². The van der Waals surface area contributed by atoms with E-state index in [9.17, 15) is 0 Å². The summed E-state index contributed by atoms with van der Waals surface area (Å²) in [7, 11) is 0. The van der Waals surface area contributed by atoms with Crippen molar-refractivity contribution in [1.82, 2.24) is 0 Å². The fraction of sp³-hybridized carbons (Fsp3) is 0.0286. The summed E-state index contributed by atoms with van der Waals surface area (Å²) in [6.45, 7) is 2.11. The van der Waals surface area contributed by atoms with Crippen molar-refractivity contribution >= 4 is 50.8 Å². The van der Waals surface area contributed by atoms with Crippen LogP contribution in [0.1, 0.15) is 16.7 Å². The molecule has 1 heteroatoms. The minimum atomic E-state index is 1.13. The number of aryl methyl sites for hydroxylation is 1. The maximum absolute atomic E-state index is 2.34. The van der Waals surface area contributed by atoms with Crippen LogP contribution >= 0.6 is 0 Å². The van der Waals surface area contributed by atoms with Crippen LogP contribution in [-0.4, -0.2) is 0 Å². The summed E-state index contributed by atoms with van der Waals surface area (Å²) in [5.74, 6) is 0. The molecule has 0 N–H and O–H groups in total. The van der Waals surface area contributed by atoms with E-state index in [0.717, 1.165) is 17.1 Å². The molecular formula is C35H27N. The Morgan fingerprint density at radius 2 is 0.833 bits per heavy atom. The maximum atomic E-state index is 2.34. The first kappa shape index (κ1) is 21.9. The van der Waals surface area contributed by atoms with Gasteiger partial charge < -0.3 is 4.90 Å². The molecule has 0 heterocycles. The minimum absolute atomic E-state index is 1.13. The highest BCUT2D eigenvalue weighted by Gasteiger charge is 2.13. The molecule has 0 saturated carbocycles. The molecule has 36 heavy (non-hydrogen) atoms. The smallest absolute Gasteiger partial charge is 0.0468 e. The number of nitrogens with zero attached hydrogens (tertiary/aromatic N) is 1. The van der Waals surface area contributed by atoms with Gasteiger partial charge in [0.2, 0.25) is 0 Å². The fourth-order valence-electron chi connectivity index (χ4n) is 4.68. The summed E-state index contributed by atoms with van der Waals surface area (Å²) in [5.41, 5.74) is 7.08. The molecule has 0 radical (unpaired) electrons. The van der Waals surface area contributed by atoms with Gasteiger partial charge in [-0.25, -0.2) is 0 Å². The van der Waals surface area contributed by atoms with Gasteiger partial charge in [-0.05, 0) is 76.0 Å². The molecule has 0 aliphatic carbocycles. The van der Waals surface area contributed by atoms with Gasteiger partial charge in [-0.15, -0.1) is 0 Å². The molecule has 6 rings (SSSR count). The van der Waals surface area contributed by atoms with Gasteiger partial charge in [0.05, 0.1) is 0 Å². The van der Waals surface area contributed by atoms with Crippen molar-refractivity contribution in [2.75, 3.05) is 4.90 Å². The molecule has 6 aromatic carbocycles. The van der Waals surface area contributed by atoms with Crippen molar-refractivity contribution in [3.05, 3.63) is 150 Å². The van der Waals surface area contributed by atoms with E-state index in [2.05, 4.69) is 157 Å². The molecule has 0 bridgehead atoms. The van der Waals surface area contributed by atoms with Crippen LogP contribution in [0.15, 0.2) is 133 Å². The third kappa shape index (κ3) is 4.52. The quantitative estimate of drug-likeness (QED) is 0.231. The number of benzene rings is 6. The lowest BCUT2D eigenvalue weighted by Crippen LogP contribution is -2.09. The predicted molar refractivity (Wildman–Crippen MR) is 156 cm³/mol. The Morgan fingerprint density at radius 3 is 1.33 bits per heavy atom. The average molecular weight is 462 g/mol. The van der Waals surface area contributed by atoms with Crippen molar-refractivity contribution in [2.24, 2.45) is 0 Å². The van der Waals surface area contributed by atoms with E-state index in [1.807, 2.05) is 0 Å². The molecule has 0 aliphatic rings. The highest BCUT2D eigenvalue weighted by atomic mass is 15.1. The molecule has 6 aromatic rings. The number of hydrogen-bond donors (Lipinski definition) is 0. The first-order valence-corrected chi connectivity index (χ1v) is 12.4. The number of fused-ring (bicyclic) bond motifs is 2. The number of anilines is 3. The van der Waals surface area contributed by atoms with Crippen molar-refractivity contribution < 1.29 is 0 Å². The molecule has 1 nitrogen and oxygen atoms in total. The predicted octanol–water partition coefficient (Wildman–Crippen LogP) is 9.94. The molecular weight excluding hydrogens is 434 g/mol. The molecule has 0 amide bonds. The lowest BCUT2D eigenvalue weighted by molar-refractivity contribution is 1.29. The summed E-state index contributed by atoms with van der Waals surface area (Å²) in [4.78, 5) is 2.34. The van der Waals surface area contributed by atoms with Gasteiger partial charge in [0.15, 0.2) is 0 Å². The summed E-state index contributed by atoms with van der Waals surface area (Å²) in [6.07, 6.45) is 4.34. The zero-order chi connectivity index (χ0) is 24.3. The van der Waals surface area contributed by atoms with E-state index in [1.165, 1.54) is 38.2 Å². The summed E-state index contributed by atoms with van der Waals surface area (Å²) >= 11 is 0. The third-order valence-electron chi connectivity index (χ3n) is 6.68. The second-order valence-corrected chi connectivity index (χ2v) is 9.23. The van der Waals surface area contributed by atoms with Gasteiger partial charge in [-0.1, -0.05) is 115 Å². The van der Waals surface area contributed by atoms with Crippen molar-refractivity contribution in [3.63, 3.8) is 0 Å². The molecule has 172 valence electrons. The third-order valence-corrected chi connectivity index (χ3v) is 6.68. The van der Waals surface area contributed by atoms with E-state index >= 15 is 0 Å². The number of rotatable bonds is 5. The van der Waals surface area contributed by atoms with E-state index in [0.29, 0.717) is 0 Å². The zero-order valence-corrected chi connectivity index (χ0v) is 20.3. The van der Waals surface area contributed by atoms with Crippen molar-refractivity contribution in [3.8, 4) is 0 Å². The van der Waals surface area contributed by atoms with Crippen LogP contribution in [0.25, 0.3) is 33.7 Å². The summed E-state index contributed by atoms with van der Waals surface area (Å²) in [6, 6.07) is 47.8. The summed E-state index contributed by atoms with van der Waals surface area (Å²) < 4.78 is 0. The van der Waals surface area contributed by atoms with E-state index in [4.69, 9.17) is 0 Å². The fourth-order valence-corrected chi connectivity index (χ4v) is 4.68. The second kappa shape index (κ2) is 9.56. The second-order valence-electron chi connectivity index (χ2n) is 9.23. The molecule has 0 aromatic heterocycles. The monoisotopic (exact) mass is 461 g/mol. The zero-order valence-electron chi connectivity index (χ0n) is 20.3. The van der Waals surface area contributed by atoms with Gasteiger partial charge >= 0.3 is 0 Å². The van der Waals surface area contributed by atoms with Gasteiger partial charge in [-0.2, -0.15) is 0 Å². The largest absolute Gasteiger partial charge is 0.310 e. The Bertz CT molecular complexity index is 1600. The first-order valence-electron chi connectivity index (χ1n) is 12.4. The Kier molecular flexibility index (Phi) is 5.81. The minimum Gasteiger partial charge on any atom is -0.310 e. The van der Waals surface area contributed by atoms with Crippen molar-refractivity contribution in [2.45, 2.75) is 6.92 Å². The van der Waals surface area contributed by atoms with Crippen LogP contribution in [0.4, 0.5) is 17.1 Å². The summed E-state index contributed by atoms with van der Waals surface area (Å²) in [5, 5.41) is 4.96. The van der Waals surface area contributed by atoms with Crippen LogP contribution in [0.5, 0.6) is 0 Å². The average Bonchev–Trinajstić information content (AvgIpc) is 2.93. The Morgan fingerprint density at radius 1 is 0.417 bits per heavy atom. The lowest BCUT2D eigenvalue weighted by atomic mass is 10.1. The lowest BCUT2D eigenvalue weighted by Gasteiger charge is -2.26. The number of hydrogen-bond acceptors (Lipinski definition) is 1. The Labute approximate surface area is 212 Å². The van der Waals surface area contributed by atoms with Crippen LogP contribution < -0.4 is 4.90 Å². The van der Waals surface area contributed by atoms with Gasteiger partial charge in [-0.3, -0.25) is 0 Å². The SMILES string of the molecule is Cc1ccc(C=Cc2ccc(N(c3ccc4ccccc4c3)c3ccc4ccccc4c3)cc2)cc1. The van der Waals surface area contributed by atoms with Crippen LogP contribution in [0, 0.1) is 6.92 Å². The first-order chi connectivity index (χ1) is 17.7. The topological polar surface area (TPSA) is 3.24 Å². The molecule has 0 aliphatic heterocycles. The standard InChI is InChI=1S/C35H27N/c1-26-10-12-27(13-11-26)14-15-28-16-20-33(21-17-28)36(34-22-18-29-6-2-4-8-31(29)24-34)35-23-19-30-7-3-5-9-32(30)25-35/h2-25H,1H3. The van der Waals surface area contributed by atoms with Crippen LogP contribution in [0.3, 0.4) is 0 Å². The van der Waals surface area contributed by atoms with E-state index in [-0.39, 0.29) is 0 Å². The molecule has 0 fully saturated rings. The van der Waals surface area contributed by atoms with Crippen LogP contribution in [-0.2, 0) is 0 Å². The Balaban J connectivity index is 1.40. The van der Waals surface area contributed by atoms with E-state index < -0.39 is 0 Å². The molecule has 0 atom stereocenters. The highest BCUT2D eigenvalue weighted by Crippen LogP contribution is 2.37. The van der Waals surface area contributed by atoms with Crippen LogP contribution in [0.2, 0.25) is 0 Å². The molecule has 0 unspecified atom stereocenters. The van der Waals surface area contributed by atoms with Crippen molar-refractivity contribution in [1.29, 1.82) is 0 Å². The molecule has 0 spiro atoms. The van der Waals surface area contributed by atoms with Gasteiger partial charge in [0.25, 0.3) is 0 Å².